The lowest BCUT2D eigenvalue weighted by Crippen LogP contribution is -1.91. The molecule has 0 saturated heterocycles. The number of thiophene rings is 1. The molecule has 84 valence electrons. The molecular formula is C12H6BrClN2S. The second kappa shape index (κ2) is 4.37. The minimum Gasteiger partial charge on any atom is -0.152 e. The van der Waals surface area contributed by atoms with Crippen LogP contribution < -0.4 is 0 Å². The van der Waals surface area contributed by atoms with Crippen LogP contribution in [0.3, 0.4) is 0 Å². The van der Waals surface area contributed by atoms with Gasteiger partial charge in [-0.05, 0) is 17.5 Å². The third-order valence-electron chi connectivity index (χ3n) is 2.51. The molecule has 0 atom stereocenters. The maximum Gasteiger partial charge on any atom is 0.160 e. The van der Waals surface area contributed by atoms with Crippen LogP contribution in [0.5, 0.6) is 0 Å². The van der Waals surface area contributed by atoms with Gasteiger partial charge in [0.25, 0.3) is 0 Å². The fourth-order valence-electron chi connectivity index (χ4n) is 1.74. The zero-order chi connectivity index (χ0) is 11.8. The molecule has 0 bridgehead atoms. The average Bonchev–Trinajstić information content (AvgIpc) is 2.83. The zero-order valence-electron chi connectivity index (χ0n) is 8.52. The standard InChI is InChI=1S/C12H6BrClN2S/c13-9-3-1-2-8-10(9)12(14)16-15-11(8)7-4-5-17-6-7/h1-6H. The van der Waals surface area contributed by atoms with Crippen molar-refractivity contribution in [3.05, 3.63) is 44.7 Å². The molecule has 0 spiro atoms. The normalized spacial score (nSPS) is 10.9. The zero-order valence-corrected chi connectivity index (χ0v) is 11.7. The third kappa shape index (κ3) is 1.86. The first-order chi connectivity index (χ1) is 8.27. The lowest BCUT2D eigenvalue weighted by atomic mass is 10.1. The summed E-state index contributed by atoms with van der Waals surface area (Å²) in [5.74, 6) is 0. The summed E-state index contributed by atoms with van der Waals surface area (Å²) in [7, 11) is 0. The highest BCUT2D eigenvalue weighted by molar-refractivity contribution is 9.10. The molecule has 2 nitrogen and oxygen atoms in total. The Morgan fingerprint density at radius 3 is 2.82 bits per heavy atom. The van der Waals surface area contributed by atoms with Crippen molar-refractivity contribution in [3.8, 4) is 11.3 Å². The van der Waals surface area contributed by atoms with Gasteiger partial charge in [0, 0.05) is 26.2 Å². The van der Waals surface area contributed by atoms with Crippen LogP contribution in [0.1, 0.15) is 0 Å². The van der Waals surface area contributed by atoms with Crippen LogP contribution in [0.25, 0.3) is 22.0 Å². The van der Waals surface area contributed by atoms with Gasteiger partial charge >= 0.3 is 0 Å². The number of benzene rings is 1. The molecule has 2 aromatic heterocycles. The summed E-state index contributed by atoms with van der Waals surface area (Å²) in [6.45, 7) is 0. The van der Waals surface area contributed by atoms with Crippen LogP contribution in [-0.4, -0.2) is 10.2 Å². The Kier molecular flexibility index (Phi) is 2.86. The van der Waals surface area contributed by atoms with Gasteiger partial charge in [-0.25, -0.2) is 0 Å². The molecular weight excluding hydrogens is 320 g/mol. The average molecular weight is 326 g/mol. The van der Waals surface area contributed by atoms with Crippen molar-refractivity contribution in [2.45, 2.75) is 0 Å². The van der Waals surface area contributed by atoms with Crippen LogP contribution >= 0.6 is 38.9 Å². The molecule has 0 radical (unpaired) electrons. The first-order valence-electron chi connectivity index (χ1n) is 4.90. The Morgan fingerprint density at radius 1 is 1.18 bits per heavy atom. The molecule has 1 aromatic carbocycles. The molecule has 0 aliphatic carbocycles. The fourth-order valence-corrected chi connectivity index (χ4v) is 3.29. The van der Waals surface area contributed by atoms with E-state index in [-0.39, 0.29) is 0 Å². The van der Waals surface area contributed by atoms with Gasteiger partial charge in [0.2, 0.25) is 0 Å². The Morgan fingerprint density at radius 2 is 2.06 bits per heavy atom. The molecule has 0 saturated carbocycles. The van der Waals surface area contributed by atoms with Gasteiger partial charge in [-0.2, -0.15) is 11.3 Å². The van der Waals surface area contributed by atoms with Crippen LogP contribution in [0.15, 0.2) is 39.5 Å². The van der Waals surface area contributed by atoms with Crippen molar-refractivity contribution in [3.63, 3.8) is 0 Å². The van der Waals surface area contributed by atoms with E-state index < -0.39 is 0 Å². The van der Waals surface area contributed by atoms with Crippen molar-refractivity contribution in [2.24, 2.45) is 0 Å². The largest absolute Gasteiger partial charge is 0.160 e. The van der Waals surface area contributed by atoms with Crippen molar-refractivity contribution >= 4 is 49.6 Å². The van der Waals surface area contributed by atoms with Crippen LogP contribution in [-0.2, 0) is 0 Å². The highest BCUT2D eigenvalue weighted by Crippen LogP contribution is 2.34. The second-order valence-electron chi connectivity index (χ2n) is 3.51. The van der Waals surface area contributed by atoms with Gasteiger partial charge < -0.3 is 0 Å². The van der Waals surface area contributed by atoms with Crippen molar-refractivity contribution in [1.29, 1.82) is 0 Å². The van der Waals surface area contributed by atoms with E-state index >= 15 is 0 Å². The van der Waals surface area contributed by atoms with E-state index in [0.717, 1.165) is 26.5 Å². The molecule has 0 amide bonds. The molecule has 0 aliphatic rings. The highest BCUT2D eigenvalue weighted by Gasteiger charge is 2.12. The number of rotatable bonds is 1. The third-order valence-corrected chi connectivity index (χ3v) is 4.12. The maximum absolute atomic E-state index is 6.09. The van der Waals surface area contributed by atoms with E-state index in [9.17, 15) is 0 Å². The molecule has 17 heavy (non-hydrogen) atoms. The Bertz CT molecular complexity index is 674. The fraction of sp³-hybridized carbons (Fsp3) is 0. The Labute approximate surface area is 115 Å². The summed E-state index contributed by atoms with van der Waals surface area (Å²) < 4.78 is 0.936. The summed E-state index contributed by atoms with van der Waals surface area (Å²) >= 11 is 11.2. The lowest BCUT2D eigenvalue weighted by molar-refractivity contribution is 1.06. The molecule has 2 heterocycles. The summed E-state index contributed by atoms with van der Waals surface area (Å²) in [6.07, 6.45) is 0. The van der Waals surface area contributed by atoms with Gasteiger partial charge in [-0.3, -0.25) is 0 Å². The number of nitrogens with zero attached hydrogens (tertiary/aromatic N) is 2. The van der Waals surface area contributed by atoms with Crippen molar-refractivity contribution in [1.82, 2.24) is 10.2 Å². The number of hydrogen-bond acceptors (Lipinski definition) is 3. The predicted octanol–water partition coefficient (Wildman–Crippen LogP) is 4.77. The van der Waals surface area contributed by atoms with Gasteiger partial charge in [0.15, 0.2) is 5.15 Å². The predicted molar refractivity (Wildman–Crippen MR) is 75.6 cm³/mol. The van der Waals surface area contributed by atoms with Crippen molar-refractivity contribution < 1.29 is 0 Å². The van der Waals surface area contributed by atoms with E-state index in [4.69, 9.17) is 11.6 Å². The number of halogens is 2. The van der Waals surface area contributed by atoms with E-state index in [2.05, 4.69) is 31.5 Å². The monoisotopic (exact) mass is 324 g/mol. The van der Waals surface area contributed by atoms with Crippen molar-refractivity contribution in [2.75, 3.05) is 0 Å². The van der Waals surface area contributed by atoms with Gasteiger partial charge in [0.1, 0.15) is 5.69 Å². The van der Waals surface area contributed by atoms with Gasteiger partial charge in [-0.15, -0.1) is 10.2 Å². The molecule has 3 aromatic rings. The smallest absolute Gasteiger partial charge is 0.152 e. The maximum atomic E-state index is 6.09. The quantitative estimate of drug-likeness (QED) is 0.644. The minimum absolute atomic E-state index is 0.423. The number of aromatic nitrogens is 2. The van der Waals surface area contributed by atoms with Gasteiger partial charge in [-0.1, -0.05) is 39.7 Å². The lowest BCUT2D eigenvalue weighted by Gasteiger charge is -2.06. The Hall–Kier alpha value is -0.970. The Balaban J connectivity index is 2.42. The molecule has 0 unspecified atom stereocenters. The summed E-state index contributed by atoms with van der Waals surface area (Å²) in [6, 6.07) is 7.96. The summed E-state index contributed by atoms with van der Waals surface area (Å²) in [4.78, 5) is 0. The summed E-state index contributed by atoms with van der Waals surface area (Å²) in [5.41, 5.74) is 1.94. The first kappa shape index (κ1) is 11.1. The first-order valence-corrected chi connectivity index (χ1v) is 7.02. The topological polar surface area (TPSA) is 25.8 Å². The van der Waals surface area contributed by atoms with Crippen LogP contribution in [0.4, 0.5) is 0 Å². The molecule has 0 fully saturated rings. The van der Waals surface area contributed by atoms with E-state index in [0.29, 0.717) is 5.15 Å². The molecule has 0 N–H and O–H groups in total. The van der Waals surface area contributed by atoms with E-state index in [1.807, 2.05) is 29.6 Å². The SMILES string of the molecule is Clc1nnc(-c2ccsc2)c2cccc(Br)c12. The molecule has 0 aliphatic heterocycles. The number of fused-ring (bicyclic) bond motifs is 1. The van der Waals surface area contributed by atoms with E-state index in [1.165, 1.54) is 0 Å². The highest BCUT2D eigenvalue weighted by atomic mass is 79.9. The minimum atomic E-state index is 0.423. The summed E-state index contributed by atoms with van der Waals surface area (Å²) in [5, 5.41) is 14.6. The van der Waals surface area contributed by atoms with E-state index in [1.54, 1.807) is 11.3 Å². The number of hydrogen-bond donors (Lipinski definition) is 0. The van der Waals surface area contributed by atoms with Crippen LogP contribution in [0.2, 0.25) is 5.15 Å². The molecule has 3 rings (SSSR count). The second-order valence-corrected chi connectivity index (χ2v) is 5.51. The van der Waals surface area contributed by atoms with Crippen LogP contribution in [0, 0.1) is 0 Å². The molecule has 5 heteroatoms. The van der Waals surface area contributed by atoms with Gasteiger partial charge in [0.05, 0.1) is 0 Å².